The van der Waals surface area contributed by atoms with E-state index in [0.717, 1.165) is 12.5 Å². The predicted octanol–water partition coefficient (Wildman–Crippen LogP) is 2.89. The van der Waals surface area contributed by atoms with Gasteiger partial charge in [-0.1, -0.05) is 34.1 Å². The molecule has 0 aromatic rings. The molecule has 0 bridgehead atoms. The first-order valence-corrected chi connectivity index (χ1v) is 7.06. The smallest absolute Gasteiger partial charge is 0.0329 e. The van der Waals surface area contributed by atoms with Gasteiger partial charge in [0.05, 0.1) is 0 Å². The van der Waals surface area contributed by atoms with Crippen LogP contribution in [-0.2, 0) is 0 Å². The van der Waals surface area contributed by atoms with Gasteiger partial charge in [0.1, 0.15) is 0 Å². The van der Waals surface area contributed by atoms with E-state index in [1.165, 1.54) is 32.4 Å². The number of rotatable bonds is 5. The fourth-order valence-electron chi connectivity index (χ4n) is 2.79. The van der Waals surface area contributed by atoms with Crippen LogP contribution in [0.1, 0.15) is 53.9 Å². The topological polar surface area (TPSA) is 15.3 Å². The first kappa shape index (κ1) is 14.0. The van der Waals surface area contributed by atoms with Crippen molar-refractivity contribution in [1.82, 2.24) is 10.2 Å². The highest BCUT2D eigenvalue weighted by Gasteiger charge is 2.37. The predicted molar refractivity (Wildman–Crippen MR) is 71.8 cm³/mol. The van der Waals surface area contributed by atoms with Crippen molar-refractivity contribution in [1.29, 1.82) is 0 Å². The van der Waals surface area contributed by atoms with E-state index in [4.69, 9.17) is 0 Å². The van der Waals surface area contributed by atoms with Crippen LogP contribution in [0.3, 0.4) is 0 Å². The van der Waals surface area contributed by atoms with E-state index >= 15 is 0 Å². The molecule has 96 valence electrons. The zero-order valence-corrected chi connectivity index (χ0v) is 11.8. The highest BCUT2D eigenvalue weighted by molar-refractivity contribution is 4.96. The van der Waals surface area contributed by atoms with E-state index in [1.807, 2.05) is 0 Å². The highest BCUT2D eigenvalue weighted by atomic mass is 15.3. The van der Waals surface area contributed by atoms with Crippen LogP contribution in [0.4, 0.5) is 0 Å². The van der Waals surface area contributed by atoms with Gasteiger partial charge in [-0.15, -0.1) is 0 Å². The molecular weight excluding hydrogens is 196 g/mol. The van der Waals surface area contributed by atoms with Gasteiger partial charge in [-0.25, -0.2) is 0 Å². The first-order valence-electron chi connectivity index (χ1n) is 7.06. The van der Waals surface area contributed by atoms with Crippen LogP contribution in [0, 0.1) is 5.92 Å². The Balaban J connectivity index is 2.71. The molecule has 0 aromatic carbocycles. The summed E-state index contributed by atoms with van der Waals surface area (Å²) < 4.78 is 0. The second-order valence-corrected chi connectivity index (χ2v) is 5.63. The lowest BCUT2D eigenvalue weighted by Crippen LogP contribution is -2.64. The molecule has 2 heteroatoms. The van der Waals surface area contributed by atoms with Gasteiger partial charge >= 0.3 is 0 Å². The Morgan fingerprint density at radius 3 is 2.44 bits per heavy atom. The van der Waals surface area contributed by atoms with Crippen molar-refractivity contribution in [2.45, 2.75) is 65.5 Å². The summed E-state index contributed by atoms with van der Waals surface area (Å²) in [5.41, 5.74) is 0.413. The molecule has 0 aromatic heterocycles. The van der Waals surface area contributed by atoms with Gasteiger partial charge in [0, 0.05) is 31.2 Å². The van der Waals surface area contributed by atoms with Crippen molar-refractivity contribution in [3.63, 3.8) is 0 Å². The Kier molecular flexibility index (Phi) is 5.26. The number of piperazine rings is 1. The third kappa shape index (κ3) is 2.98. The summed E-state index contributed by atoms with van der Waals surface area (Å²) in [7, 11) is 0. The first-order chi connectivity index (χ1) is 7.57. The van der Waals surface area contributed by atoms with Gasteiger partial charge in [-0.3, -0.25) is 4.90 Å². The van der Waals surface area contributed by atoms with E-state index in [0.29, 0.717) is 11.6 Å². The Labute approximate surface area is 102 Å². The summed E-state index contributed by atoms with van der Waals surface area (Å²) in [5.74, 6) is 0.822. The van der Waals surface area contributed by atoms with Crippen molar-refractivity contribution in [2.75, 3.05) is 19.6 Å². The summed E-state index contributed by atoms with van der Waals surface area (Å²) >= 11 is 0. The minimum atomic E-state index is 0.413. The number of nitrogens with one attached hydrogen (secondary N) is 1. The maximum Gasteiger partial charge on any atom is 0.0329 e. The number of nitrogens with zero attached hydrogens (tertiary/aromatic N) is 1. The lowest BCUT2D eigenvalue weighted by Gasteiger charge is -2.50. The van der Waals surface area contributed by atoms with E-state index in [-0.39, 0.29) is 0 Å². The molecule has 2 atom stereocenters. The normalized spacial score (nSPS) is 27.9. The SMILES string of the molecule is CCC(C)CN1CC(C)NCC1(CC)CC. The highest BCUT2D eigenvalue weighted by Crippen LogP contribution is 2.28. The van der Waals surface area contributed by atoms with Crippen molar-refractivity contribution in [2.24, 2.45) is 5.92 Å². The molecule has 0 saturated carbocycles. The van der Waals surface area contributed by atoms with Crippen LogP contribution >= 0.6 is 0 Å². The van der Waals surface area contributed by atoms with Crippen LogP contribution in [0.5, 0.6) is 0 Å². The standard InChI is InChI=1S/C14H30N2/c1-6-12(4)9-16-10-13(5)15-11-14(16,7-2)8-3/h12-13,15H,6-11H2,1-5H3. The summed E-state index contributed by atoms with van der Waals surface area (Å²) in [4.78, 5) is 2.75. The van der Waals surface area contributed by atoms with E-state index in [2.05, 4.69) is 44.8 Å². The molecule has 2 nitrogen and oxygen atoms in total. The maximum absolute atomic E-state index is 3.65. The third-order valence-corrected chi connectivity index (χ3v) is 4.49. The Morgan fingerprint density at radius 1 is 1.31 bits per heavy atom. The number of hydrogen-bond donors (Lipinski definition) is 1. The van der Waals surface area contributed by atoms with Crippen LogP contribution in [0.2, 0.25) is 0 Å². The van der Waals surface area contributed by atoms with Gasteiger partial charge in [-0.2, -0.15) is 0 Å². The van der Waals surface area contributed by atoms with Crippen LogP contribution < -0.4 is 5.32 Å². The molecule has 16 heavy (non-hydrogen) atoms. The van der Waals surface area contributed by atoms with Gasteiger partial charge in [-0.05, 0) is 25.7 Å². The monoisotopic (exact) mass is 226 g/mol. The molecule has 1 heterocycles. The second-order valence-electron chi connectivity index (χ2n) is 5.63. The maximum atomic E-state index is 3.65. The van der Waals surface area contributed by atoms with Crippen molar-refractivity contribution >= 4 is 0 Å². The molecule has 1 aliphatic rings. The molecule has 1 saturated heterocycles. The van der Waals surface area contributed by atoms with Crippen molar-refractivity contribution < 1.29 is 0 Å². The zero-order chi connectivity index (χ0) is 12.2. The number of hydrogen-bond acceptors (Lipinski definition) is 2. The Hall–Kier alpha value is -0.0800. The van der Waals surface area contributed by atoms with E-state index in [1.54, 1.807) is 0 Å². The molecule has 1 rings (SSSR count). The van der Waals surface area contributed by atoms with E-state index in [9.17, 15) is 0 Å². The van der Waals surface area contributed by atoms with Crippen LogP contribution in [0.25, 0.3) is 0 Å². The summed E-state index contributed by atoms with van der Waals surface area (Å²) in [6.45, 7) is 15.3. The van der Waals surface area contributed by atoms with Crippen LogP contribution in [-0.4, -0.2) is 36.1 Å². The lowest BCUT2D eigenvalue weighted by molar-refractivity contribution is 0.0233. The average Bonchev–Trinajstić information content (AvgIpc) is 2.30. The Bertz CT molecular complexity index is 199. The Morgan fingerprint density at radius 2 is 1.94 bits per heavy atom. The average molecular weight is 226 g/mol. The van der Waals surface area contributed by atoms with Gasteiger partial charge in [0.2, 0.25) is 0 Å². The summed E-state index contributed by atoms with van der Waals surface area (Å²) in [6, 6.07) is 0.648. The van der Waals surface area contributed by atoms with Gasteiger partial charge < -0.3 is 5.32 Å². The minimum absolute atomic E-state index is 0.413. The second kappa shape index (κ2) is 6.02. The summed E-state index contributed by atoms with van der Waals surface area (Å²) in [6.07, 6.45) is 3.82. The fraction of sp³-hybridized carbons (Fsp3) is 1.00. The van der Waals surface area contributed by atoms with Gasteiger partial charge in [0.25, 0.3) is 0 Å². The quantitative estimate of drug-likeness (QED) is 0.775. The summed E-state index contributed by atoms with van der Waals surface area (Å²) in [5, 5.41) is 3.65. The third-order valence-electron chi connectivity index (χ3n) is 4.49. The molecule has 0 amide bonds. The lowest BCUT2D eigenvalue weighted by atomic mass is 9.86. The van der Waals surface area contributed by atoms with Crippen molar-refractivity contribution in [3.8, 4) is 0 Å². The minimum Gasteiger partial charge on any atom is -0.311 e. The fourth-order valence-corrected chi connectivity index (χ4v) is 2.79. The molecule has 0 radical (unpaired) electrons. The molecule has 1 fully saturated rings. The molecule has 2 unspecified atom stereocenters. The van der Waals surface area contributed by atoms with Crippen molar-refractivity contribution in [3.05, 3.63) is 0 Å². The molecule has 1 aliphatic heterocycles. The molecule has 1 N–H and O–H groups in total. The largest absolute Gasteiger partial charge is 0.311 e. The molecule has 0 spiro atoms. The van der Waals surface area contributed by atoms with Crippen LogP contribution in [0.15, 0.2) is 0 Å². The van der Waals surface area contributed by atoms with Gasteiger partial charge in [0.15, 0.2) is 0 Å². The van der Waals surface area contributed by atoms with E-state index < -0.39 is 0 Å². The zero-order valence-electron chi connectivity index (χ0n) is 11.8. The molecular formula is C14H30N2. The molecule has 0 aliphatic carbocycles.